The third kappa shape index (κ3) is 3.00. The van der Waals surface area contributed by atoms with Crippen LogP contribution in [0.1, 0.15) is 27.3 Å². The van der Waals surface area contributed by atoms with Gasteiger partial charge in [0, 0.05) is 29.9 Å². The number of nitrogens with one attached hydrogen (secondary N) is 1. The summed E-state index contributed by atoms with van der Waals surface area (Å²) in [5.74, 6) is -0.236. The third-order valence-corrected chi connectivity index (χ3v) is 4.12. The summed E-state index contributed by atoms with van der Waals surface area (Å²) in [7, 11) is 1.88. The Kier molecular flexibility index (Phi) is 4.30. The molecule has 8 nitrogen and oxygen atoms in total. The summed E-state index contributed by atoms with van der Waals surface area (Å²) < 4.78 is 3.20. The molecule has 0 unspecified atom stereocenters. The molecule has 0 atom stereocenters. The fourth-order valence-electron chi connectivity index (χ4n) is 2.50. The number of hydrogen-bond acceptors (Lipinski definition) is 5. The van der Waals surface area contributed by atoms with E-state index in [2.05, 4.69) is 25.9 Å². The smallest absolute Gasteiger partial charge is 0.253 e. The highest BCUT2D eigenvalue weighted by Crippen LogP contribution is 2.19. The average molecular weight is 346 g/mol. The normalized spacial score (nSPS) is 10.8. The molecule has 0 radical (unpaired) electrons. The van der Waals surface area contributed by atoms with Gasteiger partial charge in [0.05, 0.1) is 16.9 Å². The zero-order valence-electron chi connectivity index (χ0n) is 13.5. The second-order valence-corrected chi connectivity index (χ2v) is 5.81. The second kappa shape index (κ2) is 6.40. The predicted octanol–water partition coefficient (Wildman–Crippen LogP) is 1.60. The summed E-state index contributed by atoms with van der Waals surface area (Å²) in [4.78, 5) is 12.6. The van der Waals surface area contributed by atoms with E-state index in [4.69, 9.17) is 11.6 Å². The number of rotatable bonds is 4. The van der Waals surface area contributed by atoms with Crippen molar-refractivity contribution in [2.75, 3.05) is 0 Å². The zero-order chi connectivity index (χ0) is 17.3. The fourth-order valence-corrected chi connectivity index (χ4v) is 2.66. The van der Waals surface area contributed by atoms with Crippen LogP contribution in [0.4, 0.5) is 0 Å². The van der Waals surface area contributed by atoms with Crippen LogP contribution in [0.25, 0.3) is 5.69 Å². The van der Waals surface area contributed by atoms with E-state index in [9.17, 15) is 4.79 Å². The van der Waals surface area contributed by atoms with Crippen molar-refractivity contribution >= 4 is 17.5 Å². The molecule has 0 fully saturated rings. The topological polar surface area (TPSA) is 90.5 Å². The van der Waals surface area contributed by atoms with Crippen LogP contribution in [0.15, 0.2) is 24.5 Å². The van der Waals surface area contributed by atoms with Crippen LogP contribution in [0.2, 0.25) is 5.02 Å². The van der Waals surface area contributed by atoms with E-state index in [1.165, 1.54) is 11.0 Å². The van der Waals surface area contributed by atoms with Crippen molar-refractivity contribution in [3.8, 4) is 5.69 Å². The van der Waals surface area contributed by atoms with Crippen molar-refractivity contribution in [1.29, 1.82) is 0 Å². The molecule has 0 aliphatic rings. The van der Waals surface area contributed by atoms with Gasteiger partial charge in [-0.3, -0.25) is 9.48 Å². The number of hydrogen-bond donors (Lipinski definition) is 1. The van der Waals surface area contributed by atoms with Crippen LogP contribution >= 0.6 is 11.6 Å². The minimum absolute atomic E-state index is 0.236. The summed E-state index contributed by atoms with van der Waals surface area (Å²) in [6, 6.07) is 4.95. The Labute approximate surface area is 143 Å². The molecule has 1 aromatic carbocycles. The van der Waals surface area contributed by atoms with Gasteiger partial charge in [-0.15, -0.1) is 5.10 Å². The minimum Gasteiger partial charge on any atom is -0.348 e. The van der Waals surface area contributed by atoms with E-state index < -0.39 is 0 Å². The molecule has 1 amide bonds. The van der Waals surface area contributed by atoms with E-state index in [-0.39, 0.29) is 5.91 Å². The molecular weight excluding hydrogens is 330 g/mol. The van der Waals surface area contributed by atoms with Crippen LogP contribution in [0.5, 0.6) is 0 Å². The highest BCUT2D eigenvalue weighted by atomic mass is 35.5. The SMILES string of the molecule is Cc1nn(C)c(C)c1CNC(=O)c1ccc(Cl)cc1-n1cnnn1. The maximum absolute atomic E-state index is 12.6. The molecule has 0 spiro atoms. The zero-order valence-corrected chi connectivity index (χ0v) is 14.2. The molecule has 3 rings (SSSR count). The highest BCUT2D eigenvalue weighted by molar-refractivity contribution is 6.31. The summed E-state index contributed by atoms with van der Waals surface area (Å²) in [6.07, 6.45) is 1.41. The van der Waals surface area contributed by atoms with Gasteiger partial charge in [0.15, 0.2) is 0 Å². The number of benzene rings is 1. The second-order valence-electron chi connectivity index (χ2n) is 5.37. The molecular formula is C15H16ClN7O. The van der Waals surface area contributed by atoms with Crippen molar-refractivity contribution in [3.05, 3.63) is 52.1 Å². The lowest BCUT2D eigenvalue weighted by Crippen LogP contribution is -2.25. The van der Waals surface area contributed by atoms with Gasteiger partial charge in [0.25, 0.3) is 5.91 Å². The van der Waals surface area contributed by atoms with Gasteiger partial charge in [-0.1, -0.05) is 11.6 Å². The Hall–Kier alpha value is -2.74. The molecule has 0 saturated carbocycles. The van der Waals surface area contributed by atoms with E-state index in [0.29, 0.717) is 22.8 Å². The predicted molar refractivity (Wildman–Crippen MR) is 88.0 cm³/mol. The first kappa shape index (κ1) is 16.1. The van der Waals surface area contributed by atoms with Crippen LogP contribution in [-0.4, -0.2) is 35.9 Å². The van der Waals surface area contributed by atoms with Crippen molar-refractivity contribution < 1.29 is 4.79 Å². The number of tetrazole rings is 1. The highest BCUT2D eigenvalue weighted by Gasteiger charge is 2.16. The number of aryl methyl sites for hydroxylation is 2. The number of halogens is 1. The lowest BCUT2D eigenvalue weighted by Gasteiger charge is -2.10. The van der Waals surface area contributed by atoms with E-state index in [1.54, 1.807) is 22.9 Å². The Morgan fingerprint density at radius 3 is 2.75 bits per heavy atom. The lowest BCUT2D eigenvalue weighted by molar-refractivity contribution is 0.0950. The summed E-state index contributed by atoms with van der Waals surface area (Å²) in [5, 5.41) is 18.8. The van der Waals surface area contributed by atoms with E-state index >= 15 is 0 Å². The van der Waals surface area contributed by atoms with Gasteiger partial charge < -0.3 is 5.32 Å². The van der Waals surface area contributed by atoms with Crippen LogP contribution in [0, 0.1) is 13.8 Å². The summed E-state index contributed by atoms with van der Waals surface area (Å²) in [6.45, 7) is 4.28. The molecule has 2 heterocycles. The number of aromatic nitrogens is 6. The van der Waals surface area contributed by atoms with Crippen LogP contribution in [0.3, 0.4) is 0 Å². The maximum Gasteiger partial charge on any atom is 0.253 e. The molecule has 0 bridgehead atoms. The van der Waals surface area contributed by atoms with Crippen molar-refractivity contribution in [1.82, 2.24) is 35.3 Å². The molecule has 0 saturated heterocycles. The number of carbonyl (C=O) groups is 1. The quantitative estimate of drug-likeness (QED) is 0.775. The molecule has 0 aliphatic heterocycles. The number of amides is 1. The Balaban J connectivity index is 1.86. The maximum atomic E-state index is 12.6. The van der Waals surface area contributed by atoms with Crippen LogP contribution in [-0.2, 0) is 13.6 Å². The van der Waals surface area contributed by atoms with Crippen LogP contribution < -0.4 is 5.32 Å². The molecule has 124 valence electrons. The first-order valence-corrected chi connectivity index (χ1v) is 7.65. The van der Waals surface area contributed by atoms with Gasteiger partial charge in [-0.2, -0.15) is 9.78 Å². The Bertz CT molecular complexity index is 886. The van der Waals surface area contributed by atoms with Gasteiger partial charge in [0.2, 0.25) is 0 Å². The lowest BCUT2D eigenvalue weighted by atomic mass is 10.1. The first-order valence-electron chi connectivity index (χ1n) is 7.27. The van der Waals surface area contributed by atoms with Gasteiger partial charge >= 0.3 is 0 Å². The molecule has 2 aromatic heterocycles. The minimum atomic E-state index is -0.236. The fraction of sp³-hybridized carbons (Fsp3) is 0.267. The molecule has 24 heavy (non-hydrogen) atoms. The van der Waals surface area contributed by atoms with Crippen molar-refractivity contribution in [2.24, 2.45) is 7.05 Å². The third-order valence-electron chi connectivity index (χ3n) is 3.88. The molecule has 0 aliphatic carbocycles. The van der Waals surface area contributed by atoms with E-state index in [1.807, 2.05) is 20.9 Å². The van der Waals surface area contributed by atoms with Crippen molar-refractivity contribution in [2.45, 2.75) is 20.4 Å². The number of carbonyl (C=O) groups excluding carboxylic acids is 1. The standard InChI is InChI=1S/C15H16ClN7O/c1-9-13(10(2)22(3)19-9)7-17-15(24)12-5-4-11(16)6-14(12)23-8-18-20-21-23/h4-6,8H,7H2,1-3H3,(H,17,24). The van der Waals surface area contributed by atoms with Gasteiger partial charge in [-0.25, -0.2) is 0 Å². The van der Waals surface area contributed by atoms with E-state index in [0.717, 1.165) is 17.0 Å². The summed E-state index contributed by atoms with van der Waals surface area (Å²) in [5.41, 5.74) is 3.87. The van der Waals surface area contributed by atoms with Crippen molar-refractivity contribution in [3.63, 3.8) is 0 Å². The van der Waals surface area contributed by atoms with Gasteiger partial charge in [-0.05, 0) is 42.5 Å². The molecule has 1 N–H and O–H groups in total. The molecule has 9 heteroatoms. The average Bonchev–Trinajstić information content (AvgIpc) is 3.15. The first-order chi connectivity index (χ1) is 11.5. The van der Waals surface area contributed by atoms with Gasteiger partial charge in [0.1, 0.15) is 6.33 Å². The molecule has 3 aromatic rings. The Morgan fingerprint density at radius 1 is 1.33 bits per heavy atom. The summed E-state index contributed by atoms with van der Waals surface area (Å²) >= 11 is 6.03. The largest absolute Gasteiger partial charge is 0.348 e. The monoisotopic (exact) mass is 345 g/mol. The Morgan fingerprint density at radius 2 is 2.12 bits per heavy atom. The number of nitrogens with zero attached hydrogens (tertiary/aromatic N) is 6.